The number of aromatic nitrogens is 1. The highest BCUT2D eigenvalue weighted by molar-refractivity contribution is 5.24. The Morgan fingerprint density at radius 3 is 2.56 bits per heavy atom. The molecule has 1 aromatic heterocycles. The lowest BCUT2D eigenvalue weighted by molar-refractivity contribution is 0.102. The second-order valence-electron chi connectivity index (χ2n) is 5.51. The number of aryl methyl sites for hydroxylation is 1. The molecule has 16 heavy (non-hydrogen) atoms. The lowest BCUT2D eigenvalue weighted by Gasteiger charge is -2.40. The molecule has 0 aromatic carbocycles. The molecule has 0 spiro atoms. The van der Waals surface area contributed by atoms with Crippen LogP contribution < -0.4 is 0 Å². The molecule has 2 rings (SSSR count). The van der Waals surface area contributed by atoms with Gasteiger partial charge in [-0.2, -0.15) is 0 Å². The van der Waals surface area contributed by atoms with Crippen molar-refractivity contribution in [3.05, 3.63) is 23.5 Å². The zero-order valence-electron chi connectivity index (χ0n) is 11.0. The van der Waals surface area contributed by atoms with Crippen LogP contribution in [0.5, 0.6) is 0 Å². The Kier molecular flexibility index (Phi) is 3.38. The van der Waals surface area contributed by atoms with E-state index >= 15 is 0 Å². The molecule has 1 N–H and O–H groups in total. The summed E-state index contributed by atoms with van der Waals surface area (Å²) in [6.07, 6.45) is 5.82. The lowest BCUT2D eigenvalue weighted by Crippen LogP contribution is -2.47. The average molecular weight is 220 g/mol. The first kappa shape index (κ1) is 11.7. The molecule has 0 fully saturated rings. The predicted octanol–water partition coefficient (Wildman–Crippen LogP) is 2.99. The van der Waals surface area contributed by atoms with Crippen LogP contribution in [-0.2, 0) is 12.8 Å². The highest BCUT2D eigenvalue weighted by Crippen LogP contribution is 2.26. The van der Waals surface area contributed by atoms with Crippen molar-refractivity contribution in [3.63, 3.8) is 0 Å². The summed E-state index contributed by atoms with van der Waals surface area (Å²) < 4.78 is 0. The van der Waals surface area contributed by atoms with Gasteiger partial charge < -0.3 is 4.98 Å². The SMILES string of the molecule is CC(C)N(C(C)C)[C@H]1CCc2cc[nH]c2C1. The fourth-order valence-corrected chi connectivity index (χ4v) is 3.21. The molecule has 0 aliphatic heterocycles. The Bertz CT molecular complexity index is 330. The summed E-state index contributed by atoms with van der Waals surface area (Å²) in [6, 6.07) is 4.23. The fourth-order valence-electron chi connectivity index (χ4n) is 3.21. The van der Waals surface area contributed by atoms with Crippen molar-refractivity contribution >= 4 is 0 Å². The Balaban J connectivity index is 2.12. The van der Waals surface area contributed by atoms with Gasteiger partial charge in [-0.25, -0.2) is 0 Å². The number of nitrogens with one attached hydrogen (secondary N) is 1. The van der Waals surface area contributed by atoms with Gasteiger partial charge in [0.15, 0.2) is 0 Å². The largest absolute Gasteiger partial charge is 0.365 e. The number of hydrogen-bond acceptors (Lipinski definition) is 1. The van der Waals surface area contributed by atoms with Crippen LogP contribution in [0.1, 0.15) is 45.4 Å². The number of fused-ring (bicyclic) bond motifs is 1. The fraction of sp³-hybridized carbons (Fsp3) is 0.714. The van der Waals surface area contributed by atoms with E-state index in [4.69, 9.17) is 0 Å². The van der Waals surface area contributed by atoms with Crippen molar-refractivity contribution in [2.45, 2.75) is 65.1 Å². The molecular formula is C14H24N2. The molecule has 1 aliphatic carbocycles. The van der Waals surface area contributed by atoms with E-state index in [0.717, 1.165) is 0 Å². The van der Waals surface area contributed by atoms with Gasteiger partial charge in [-0.1, -0.05) is 0 Å². The highest BCUT2D eigenvalue weighted by Gasteiger charge is 2.27. The third-order valence-corrected chi connectivity index (χ3v) is 3.73. The van der Waals surface area contributed by atoms with E-state index in [1.807, 2.05) is 0 Å². The Morgan fingerprint density at radius 1 is 1.25 bits per heavy atom. The maximum absolute atomic E-state index is 3.39. The molecule has 0 unspecified atom stereocenters. The van der Waals surface area contributed by atoms with E-state index in [9.17, 15) is 0 Å². The van der Waals surface area contributed by atoms with Gasteiger partial charge in [0, 0.05) is 36.4 Å². The van der Waals surface area contributed by atoms with Crippen LogP contribution in [-0.4, -0.2) is 28.0 Å². The van der Waals surface area contributed by atoms with Crippen LogP contribution in [0.25, 0.3) is 0 Å². The summed E-state index contributed by atoms with van der Waals surface area (Å²) in [5, 5.41) is 0. The molecule has 0 radical (unpaired) electrons. The third kappa shape index (κ3) is 2.17. The second-order valence-corrected chi connectivity index (χ2v) is 5.51. The normalized spacial score (nSPS) is 20.8. The molecule has 2 nitrogen and oxygen atoms in total. The molecule has 1 aromatic rings. The average Bonchev–Trinajstić information content (AvgIpc) is 2.63. The van der Waals surface area contributed by atoms with Crippen LogP contribution in [0.15, 0.2) is 12.3 Å². The van der Waals surface area contributed by atoms with Crippen molar-refractivity contribution in [3.8, 4) is 0 Å². The summed E-state index contributed by atoms with van der Waals surface area (Å²) in [6.45, 7) is 9.24. The van der Waals surface area contributed by atoms with E-state index < -0.39 is 0 Å². The minimum atomic E-state index is 0.640. The number of rotatable bonds is 3. The van der Waals surface area contributed by atoms with Gasteiger partial charge in [0.1, 0.15) is 0 Å². The van der Waals surface area contributed by atoms with Gasteiger partial charge in [0.05, 0.1) is 0 Å². The van der Waals surface area contributed by atoms with Crippen LogP contribution in [0.2, 0.25) is 0 Å². The molecule has 0 amide bonds. The van der Waals surface area contributed by atoms with Gasteiger partial charge in [0.2, 0.25) is 0 Å². The van der Waals surface area contributed by atoms with Crippen molar-refractivity contribution in [2.75, 3.05) is 0 Å². The molecule has 1 aliphatic rings. The number of H-pyrrole nitrogens is 1. The molecule has 0 saturated carbocycles. The maximum atomic E-state index is 3.39. The number of aromatic amines is 1. The summed E-state index contributed by atoms with van der Waals surface area (Å²) in [7, 11) is 0. The monoisotopic (exact) mass is 220 g/mol. The predicted molar refractivity (Wildman–Crippen MR) is 68.7 cm³/mol. The van der Waals surface area contributed by atoms with Crippen molar-refractivity contribution in [1.29, 1.82) is 0 Å². The maximum Gasteiger partial charge on any atom is 0.0195 e. The summed E-state index contributed by atoms with van der Waals surface area (Å²) >= 11 is 0. The molecule has 1 atom stereocenters. The van der Waals surface area contributed by atoms with Gasteiger partial charge in [-0.3, -0.25) is 4.90 Å². The van der Waals surface area contributed by atoms with Crippen LogP contribution in [0, 0.1) is 0 Å². The quantitative estimate of drug-likeness (QED) is 0.829. The third-order valence-electron chi connectivity index (χ3n) is 3.73. The standard InChI is InChI=1S/C14H24N2/c1-10(2)16(11(3)4)13-6-5-12-7-8-15-14(12)9-13/h7-8,10-11,13,15H,5-6,9H2,1-4H3/t13-/m0/s1. The smallest absolute Gasteiger partial charge is 0.0195 e. The Labute approximate surface area is 99.0 Å². The lowest BCUT2D eigenvalue weighted by atomic mass is 9.91. The minimum Gasteiger partial charge on any atom is -0.365 e. The van der Waals surface area contributed by atoms with Crippen LogP contribution >= 0.6 is 0 Å². The molecule has 0 saturated heterocycles. The first-order valence-electron chi connectivity index (χ1n) is 6.52. The van der Waals surface area contributed by atoms with Gasteiger partial charge >= 0.3 is 0 Å². The van der Waals surface area contributed by atoms with Crippen LogP contribution in [0.3, 0.4) is 0 Å². The van der Waals surface area contributed by atoms with Gasteiger partial charge in [-0.05, 0) is 52.2 Å². The van der Waals surface area contributed by atoms with E-state index in [1.54, 1.807) is 0 Å². The number of hydrogen-bond donors (Lipinski definition) is 1. The van der Waals surface area contributed by atoms with Gasteiger partial charge in [0.25, 0.3) is 0 Å². The summed E-state index contributed by atoms with van der Waals surface area (Å²) in [5.74, 6) is 0. The molecule has 0 bridgehead atoms. The Morgan fingerprint density at radius 2 is 1.94 bits per heavy atom. The van der Waals surface area contributed by atoms with E-state index in [2.05, 4.69) is 49.8 Å². The van der Waals surface area contributed by atoms with E-state index in [1.165, 1.54) is 30.5 Å². The summed E-state index contributed by atoms with van der Waals surface area (Å²) in [5.41, 5.74) is 2.99. The highest BCUT2D eigenvalue weighted by atomic mass is 15.2. The Hall–Kier alpha value is -0.760. The van der Waals surface area contributed by atoms with E-state index in [0.29, 0.717) is 18.1 Å². The number of nitrogens with zero attached hydrogens (tertiary/aromatic N) is 1. The van der Waals surface area contributed by atoms with Crippen molar-refractivity contribution in [2.24, 2.45) is 0 Å². The summed E-state index contributed by atoms with van der Waals surface area (Å²) in [4.78, 5) is 6.05. The van der Waals surface area contributed by atoms with Crippen molar-refractivity contribution < 1.29 is 0 Å². The minimum absolute atomic E-state index is 0.640. The van der Waals surface area contributed by atoms with Crippen molar-refractivity contribution in [1.82, 2.24) is 9.88 Å². The zero-order chi connectivity index (χ0) is 11.7. The van der Waals surface area contributed by atoms with Gasteiger partial charge in [-0.15, -0.1) is 0 Å². The second kappa shape index (κ2) is 4.62. The van der Waals surface area contributed by atoms with E-state index in [-0.39, 0.29) is 0 Å². The first-order valence-corrected chi connectivity index (χ1v) is 6.52. The molecule has 90 valence electrons. The topological polar surface area (TPSA) is 19.0 Å². The molecule has 1 heterocycles. The zero-order valence-corrected chi connectivity index (χ0v) is 11.0. The molecule has 2 heteroatoms. The first-order chi connectivity index (χ1) is 7.59. The molecular weight excluding hydrogens is 196 g/mol. The van der Waals surface area contributed by atoms with Crippen LogP contribution in [0.4, 0.5) is 0 Å².